The number of nitrogens with one attached hydrogen (secondary N) is 2. The number of anilines is 1. The monoisotopic (exact) mass is 435 g/mol. The number of halogens is 2. The number of amides is 2. The summed E-state index contributed by atoms with van der Waals surface area (Å²) in [6, 6.07) is 8.72. The fourth-order valence-electron chi connectivity index (χ4n) is 2.56. The van der Waals surface area contributed by atoms with Gasteiger partial charge in [0.1, 0.15) is 0 Å². The average molecular weight is 436 g/mol. The van der Waals surface area contributed by atoms with Crippen molar-refractivity contribution in [2.45, 2.75) is 24.0 Å². The summed E-state index contributed by atoms with van der Waals surface area (Å²) in [6.45, 7) is 0. The second-order valence-electron chi connectivity index (χ2n) is 6.35. The molecule has 2 amide bonds. The van der Waals surface area contributed by atoms with Crippen molar-refractivity contribution in [3.63, 3.8) is 0 Å². The number of carbonyl (C=O) groups excluding carboxylic acids is 2. The van der Waals surface area contributed by atoms with E-state index in [2.05, 4.69) is 20.8 Å². The number of pyridine rings is 1. The number of aromatic nitrogens is 3. The van der Waals surface area contributed by atoms with E-state index in [9.17, 15) is 9.59 Å². The smallest absolute Gasteiger partial charge is 0.251 e. The first-order valence-corrected chi connectivity index (χ1v) is 10.3. The summed E-state index contributed by atoms with van der Waals surface area (Å²) >= 11 is 13.3. The highest BCUT2D eigenvalue weighted by Crippen LogP contribution is 2.25. The summed E-state index contributed by atoms with van der Waals surface area (Å²) in [7, 11) is 0. The first kappa shape index (κ1) is 19.0. The van der Waals surface area contributed by atoms with Gasteiger partial charge in [0.15, 0.2) is 10.8 Å². The van der Waals surface area contributed by atoms with E-state index < -0.39 is 0 Å². The molecule has 2 N–H and O–H groups in total. The van der Waals surface area contributed by atoms with Crippen LogP contribution >= 0.6 is 35.0 Å². The summed E-state index contributed by atoms with van der Waals surface area (Å²) in [5.74, 6) is -0.241. The van der Waals surface area contributed by atoms with Gasteiger partial charge in [-0.15, -0.1) is 10.2 Å². The lowest BCUT2D eigenvalue weighted by Crippen LogP contribution is -2.25. The van der Waals surface area contributed by atoms with Crippen LogP contribution in [0.5, 0.6) is 0 Å². The van der Waals surface area contributed by atoms with Gasteiger partial charge in [-0.05, 0) is 37.1 Å². The van der Waals surface area contributed by atoms with Crippen LogP contribution in [0.3, 0.4) is 0 Å². The third-order valence-corrected chi connectivity index (χ3v) is 5.48. The van der Waals surface area contributed by atoms with Crippen LogP contribution in [0.2, 0.25) is 10.0 Å². The van der Waals surface area contributed by atoms with Crippen molar-refractivity contribution >= 4 is 58.1 Å². The predicted molar refractivity (Wildman–Crippen MR) is 109 cm³/mol. The van der Waals surface area contributed by atoms with Gasteiger partial charge in [0.2, 0.25) is 5.91 Å². The Morgan fingerprint density at radius 1 is 1.21 bits per heavy atom. The molecule has 0 radical (unpaired) electrons. The minimum absolute atomic E-state index is 0.115. The molecule has 1 fully saturated rings. The zero-order valence-electron chi connectivity index (χ0n) is 14.5. The molecule has 4 rings (SSSR count). The quantitative estimate of drug-likeness (QED) is 0.576. The highest BCUT2D eigenvalue weighted by molar-refractivity contribution is 7.99. The standard InChI is InChI=1S/C18H15Cl2N5O2S/c19-11-7-14(20)16-23-24-18(25(16)8-11)28-9-15(26)21-13-3-1-2-10(6-13)17(27)22-12-4-5-12/h1-3,6-8,12H,4-5,9H2,(H,21,26)(H,22,27). The third kappa shape index (κ3) is 4.40. The SMILES string of the molecule is O=C(CSc1nnc2c(Cl)cc(Cl)cn12)Nc1cccc(C(=O)NC2CC2)c1. The summed E-state index contributed by atoms with van der Waals surface area (Å²) < 4.78 is 1.64. The van der Waals surface area contributed by atoms with Crippen molar-refractivity contribution in [2.24, 2.45) is 0 Å². The molecule has 1 aromatic carbocycles. The van der Waals surface area contributed by atoms with Crippen molar-refractivity contribution in [2.75, 3.05) is 11.1 Å². The van der Waals surface area contributed by atoms with Crippen LogP contribution in [0.25, 0.3) is 5.65 Å². The summed E-state index contributed by atoms with van der Waals surface area (Å²) in [6.07, 6.45) is 3.69. The number of benzene rings is 1. The minimum atomic E-state index is -0.227. The van der Waals surface area contributed by atoms with Crippen LogP contribution in [0.4, 0.5) is 5.69 Å². The summed E-state index contributed by atoms with van der Waals surface area (Å²) in [5.41, 5.74) is 1.56. The average Bonchev–Trinajstić information content (AvgIpc) is 3.38. The van der Waals surface area contributed by atoms with Crippen molar-refractivity contribution in [1.29, 1.82) is 0 Å². The number of nitrogens with zero attached hydrogens (tertiary/aromatic N) is 3. The van der Waals surface area contributed by atoms with Gasteiger partial charge < -0.3 is 10.6 Å². The molecule has 2 heterocycles. The van der Waals surface area contributed by atoms with E-state index in [1.165, 1.54) is 11.8 Å². The van der Waals surface area contributed by atoms with Crippen LogP contribution < -0.4 is 10.6 Å². The first-order chi connectivity index (χ1) is 13.5. The molecule has 0 spiro atoms. The van der Waals surface area contributed by atoms with Gasteiger partial charge in [0.25, 0.3) is 5.91 Å². The second kappa shape index (κ2) is 7.98. The number of hydrogen-bond acceptors (Lipinski definition) is 5. The lowest BCUT2D eigenvalue weighted by atomic mass is 10.2. The number of fused-ring (bicyclic) bond motifs is 1. The Bertz CT molecular complexity index is 1070. The van der Waals surface area contributed by atoms with E-state index >= 15 is 0 Å². The van der Waals surface area contributed by atoms with Gasteiger partial charge in [-0.25, -0.2) is 0 Å². The number of carbonyl (C=O) groups is 2. The van der Waals surface area contributed by atoms with Gasteiger partial charge >= 0.3 is 0 Å². The fraction of sp³-hybridized carbons (Fsp3) is 0.222. The number of hydrogen-bond donors (Lipinski definition) is 2. The lowest BCUT2D eigenvalue weighted by molar-refractivity contribution is -0.113. The molecular formula is C18H15Cl2N5O2S. The topological polar surface area (TPSA) is 88.4 Å². The normalized spacial score (nSPS) is 13.5. The zero-order valence-corrected chi connectivity index (χ0v) is 16.8. The Morgan fingerprint density at radius 2 is 2.04 bits per heavy atom. The Morgan fingerprint density at radius 3 is 2.82 bits per heavy atom. The van der Waals surface area contributed by atoms with Crippen molar-refractivity contribution in [3.8, 4) is 0 Å². The highest BCUT2D eigenvalue weighted by atomic mass is 35.5. The summed E-state index contributed by atoms with van der Waals surface area (Å²) in [5, 5.41) is 15.1. The molecule has 3 aromatic rings. The molecule has 0 aliphatic heterocycles. The molecule has 144 valence electrons. The van der Waals surface area contributed by atoms with Gasteiger partial charge in [0, 0.05) is 23.5 Å². The number of thioether (sulfide) groups is 1. The predicted octanol–water partition coefficient (Wildman–Crippen LogP) is 3.66. The molecule has 2 aromatic heterocycles. The first-order valence-electron chi connectivity index (χ1n) is 8.53. The fourth-order valence-corrected chi connectivity index (χ4v) is 3.78. The van der Waals surface area contributed by atoms with E-state index in [1.54, 1.807) is 40.9 Å². The van der Waals surface area contributed by atoms with Gasteiger partial charge in [0.05, 0.1) is 15.8 Å². The molecule has 0 saturated heterocycles. The highest BCUT2D eigenvalue weighted by Gasteiger charge is 2.23. The van der Waals surface area contributed by atoms with E-state index in [0.29, 0.717) is 32.1 Å². The van der Waals surface area contributed by atoms with E-state index in [4.69, 9.17) is 23.2 Å². The molecule has 1 aliphatic rings. The Hall–Kier alpha value is -2.29. The van der Waals surface area contributed by atoms with Crippen molar-refractivity contribution in [1.82, 2.24) is 19.9 Å². The van der Waals surface area contributed by atoms with Crippen LogP contribution in [-0.4, -0.2) is 38.2 Å². The van der Waals surface area contributed by atoms with Crippen molar-refractivity contribution < 1.29 is 9.59 Å². The largest absolute Gasteiger partial charge is 0.349 e. The molecule has 0 atom stereocenters. The maximum atomic E-state index is 12.3. The molecule has 1 aliphatic carbocycles. The minimum Gasteiger partial charge on any atom is -0.349 e. The van der Waals surface area contributed by atoms with Crippen LogP contribution in [0.15, 0.2) is 41.7 Å². The molecular weight excluding hydrogens is 421 g/mol. The van der Waals surface area contributed by atoms with Crippen molar-refractivity contribution in [3.05, 3.63) is 52.1 Å². The summed E-state index contributed by atoms with van der Waals surface area (Å²) in [4.78, 5) is 24.4. The van der Waals surface area contributed by atoms with Crippen LogP contribution in [-0.2, 0) is 4.79 Å². The van der Waals surface area contributed by atoms with E-state index in [0.717, 1.165) is 12.8 Å². The number of rotatable bonds is 6. The molecule has 10 heteroatoms. The molecule has 0 unspecified atom stereocenters. The van der Waals surface area contributed by atoms with E-state index in [1.807, 2.05) is 0 Å². The molecule has 28 heavy (non-hydrogen) atoms. The second-order valence-corrected chi connectivity index (χ2v) is 8.13. The van der Waals surface area contributed by atoms with Gasteiger partial charge in [-0.1, -0.05) is 41.0 Å². The molecule has 7 nitrogen and oxygen atoms in total. The lowest BCUT2D eigenvalue weighted by Gasteiger charge is -2.08. The van der Waals surface area contributed by atoms with Crippen LogP contribution in [0, 0.1) is 0 Å². The van der Waals surface area contributed by atoms with Gasteiger partial charge in [-0.2, -0.15) is 0 Å². The van der Waals surface area contributed by atoms with Crippen LogP contribution in [0.1, 0.15) is 23.2 Å². The third-order valence-electron chi connectivity index (χ3n) is 4.05. The molecule has 0 bridgehead atoms. The maximum Gasteiger partial charge on any atom is 0.251 e. The Balaban J connectivity index is 1.39. The Kier molecular flexibility index (Phi) is 5.43. The zero-order chi connectivity index (χ0) is 19.7. The maximum absolute atomic E-state index is 12.3. The van der Waals surface area contributed by atoms with Gasteiger partial charge in [-0.3, -0.25) is 14.0 Å². The Labute approximate surface area is 174 Å². The molecule has 1 saturated carbocycles. The van der Waals surface area contributed by atoms with E-state index in [-0.39, 0.29) is 23.6 Å².